The monoisotopic (exact) mass is 362 g/mol. The second kappa shape index (κ2) is 8.69. The van der Waals surface area contributed by atoms with Gasteiger partial charge in [0.1, 0.15) is 17.3 Å². The average Bonchev–Trinajstić information content (AvgIpc) is 3.30. The van der Waals surface area contributed by atoms with E-state index >= 15 is 0 Å². The lowest BCUT2D eigenvalue weighted by atomic mass is 10.3. The molecule has 3 heterocycles. The average molecular weight is 362 g/mol. The van der Waals surface area contributed by atoms with Gasteiger partial charge in [-0.05, 0) is 38.9 Å². The van der Waals surface area contributed by atoms with Gasteiger partial charge in [-0.15, -0.1) is 16.8 Å². The highest BCUT2D eigenvalue weighted by Crippen LogP contribution is 2.23. The Morgan fingerprint density at radius 2 is 2.28 bits per heavy atom. The van der Waals surface area contributed by atoms with E-state index in [0.717, 1.165) is 54.2 Å². The van der Waals surface area contributed by atoms with Gasteiger partial charge in [-0.3, -0.25) is 4.90 Å². The maximum absolute atomic E-state index is 5.70. The summed E-state index contributed by atoms with van der Waals surface area (Å²) < 4.78 is 13.5. The van der Waals surface area contributed by atoms with Crippen molar-refractivity contribution in [3.63, 3.8) is 0 Å². The molecule has 7 heteroatoms. The maximum atomic E-state index is 5.70. The van der Waals surface area contributed by atoms with E-state index in [1.807, 2.05) is 25.1 Å². The molecule has 0 aliphatic carbocycles. The minimum Gasteiger partial charge on any atom is -0.465 e. The SMILES string of the molecule is C=CCn1c(CN(C)Cc2ccc(C)o2)nnc1SC[C@H]1CCCO1. The number of thioether (sulfide) groups is 1. The van der Waals surface area contributed by atoms with Gasteiger partial charge < -0.3 is 13.7 Å². The first-order chi connectivity index (χ1) is 12.2. The minimum absolute atomic E-state index is 0.340. The number of aromatic nitrogens is 3. The molecule has 136 valence electrons. The Morgan fingerprint density at radius 3 is 2.96 bits per heavy atom. The lowest BCUT2D eigenvalue weighted by molar-refractivity contribution is 0.129. The van der Waals surface area contributed by atoms with Gasteiger partial charge in [0.25, 0.3) is 0 Å². The molecule has 0 aromatic carbocycles. The van der Waals surface area contributed by atoms with Crippen LogP contribution in [-0.2, 0) is 24.4 Å². The molecule has 1 fully saturated rings. The standard InChI is InChI=1S/C18H26N4O2S/c1-4-9-22-17(12-21(3)11-15-8-7-14(2)24-15)19-20-18(22)25-13-16-6-5-10-23-16/h4,7-8,16H,1,5-6,9-13H2,2-3H3/t16-/m1/s1. The van der Waals surface area contributed by atoms with E-state index in [4.69, 9.17) is 9.15 Å². The molecule has 3 rings (SSSR count). The molecule has 1 aliphatic heterocycles. The van der Waals surface area contributed by atoms with Crippen molar-refractivity contribution in [1.82, 2.24) is 19.7 Å². The number of hydrogen-bond acceptors (Lipinski definition) is 6. The van der Waals surface area contributed by atoms with E-state index in [1.165, 1.54) is 0 Å². The summed E-state index contributed by atoms with van der Waals surface area (Å²) in [6.45, 7) is 8.87. The minimum atomic E-state index is 0.340. The highest BCUT2D eigenvalue weighted by molar-refractivity contribution is 7.99. The number of allylic oxidation sites excluding steroid dienone is 1. The lowest BCUT2D eigenvalue weighted by Crippen LogP contribution is -2.20. The van der Waals surface area contributed by atoms with Gasteiger partial charge in [-0.1, -0.05) is 17.8 Å². The second-order valence-electron chi connectivity index (χ2n) is 6.43. The van der Waals surface area contributed by atoms with Crippen LogP contribution in [0.4, 0.5) is 0 Å². The van der Waals surface area contributed by atoms with Gasteiger partial charge in [0.15, 0.2) is 5.16 Å². The Morgan fingerprint density at radius 1 is 1.40 bits per heavy atom. The highest BCUT2D eigenvalue weighted by atomic mass is 32.2. The van der Waals surface area contributed by atoms with Crippen LogP contribution in [0, 0.1) is 6.92 Å². The summed E-state index contributed by atoms with van der Waals surface area (Å²) in [7, 11) is 2.06. The fourth-order valence-electron chi connectivity index (χ4n) is 2.93. The Balaban J connectivity index is 1.62. The number of furan rings is 1. The number of ether oxygens (including phenoxy) is 1. The van der Waals surface area contributed by atoms with Gasteiger partial charge in [-0.2, -0.15) is 0 Å². The molecular formula is C18H26N4O2S. The molecule has 0 N–H and O–H groups in total. The topological polar surface area (TPSA) is 56.3 Å². The lowest BCUT2D eigenvalue weighted by Gasteiger charge is -2.16. The summed E-state index contributed by atoms with van der Waals surface area (Å²) in [6, 6.07) is 4.01. The zero-order valence-corrected chi connectivity index (χ0v) is 15.8. The predicted octanol–water partition coefficient (Wildman–Crippen LogP) is 3.27. The predicted molar refractivity (Wildman–Crippen MR) is 98.5 cm³/mol. The number of nitrogens with zero attached hydrogens (tertiary/aromatic N) is 4. The quantitative estimate of drug-likeness (QED) is 0.504. The van der Waals surface area contributed by atoms with Crippen LogP contribution in [0.1, 0.15) is 30.2 Å². The van der Waals surface area contributed by atoms with Crippen LogP contribution in [0.25, 0.3) is 0 Å². The first-order valence-electron chi connectivity index (χ1n) is 8.67. The molecule has 2 aromatic heterocycles. The molecule has 0 spiro atoms. The van der Waals surface area contributed by atoms with E-state index in [0.29, 0.717) is 19.2 Å². The van der Waals surface area contributed by atoms with Crippen LogP contribution >= 0.6 is 11.8 Å². The molecule has 0 saturated carbocycles. The fourth-order valence-corrected chi connectivity index (χ4v) is 3.96. The largest absolute Gasteiger partial charge is 0.465 e. The van der Waals surface area contributed by atoms with Gasteiger partial charge in [0.2, 0.25) is 0 Å². The van der Waals surface area contributed by atoms with Crippen LogP contribution in [0.3, 0.4) is 0 Å². The molecule has 0 amide bonds. The van der Waals surface area contributed by atoms with Gasteiger partial charge >= 0.3 is 0 Å². The number of aryl methyl sites for hydroxylation is 1. The Hall–Kier alpha value is -1.57. The van der Waals surface area contributed by atoms with Crippen LogP contribution < -0.4 is 0 Å². The molecule has 1 aliphatic rings. The Bertz CT molecular complexity index is 691. The first-order valence-corrected chi connectivity index (χ1v) is 9.65. The third-order valence-corrected chi connectivity index (χ3v) is 5.26. The molecule has 6 nitrogen and oxygen atoms in total. The van der Waals surface area contributed by atoms with Crippen molar-refractivity contribution in [2.45, 2.75) is 50.7 Å². The summed E-state index contributed by atoms with van der Waals surface area (Å²) in [5.41, 5.74) is 0. The third-order valence-electron chi connectivity index (χ3n) is 4.16. The number of rotatable bonds is 9. The zero-order valence-electron chi connectivity index (χ0n) is 15.0. The van der Waals surface area contributed by atoms with E-state index in [1.54, 1.807) is 11.8 Å². The number of hydrogen-bond donors (Lipinski definition) is 0. The van der Waals surface area contributed by atoms with E-state index in [2.05, 4.69) is 33.3 Å². The van der Waals surface area contributed by atoms with Crippen LogP contribution in [0.5, 0.6) is 0 Å². The Kier molecular flexibility index (Phi) is 6.34. The molecule has 25 heavy (non-hydrogen) atoms. The molecular weight excluding hydrogens is 336 g/mol. The van der Waals surface area contributed by atoms with Crippen LogP contribution in [0.2, 0.25) is 0 Å². The molecule has 2 aromatic rings. The van der Waals surface area contributed by atoms with Crippen molar-refractivity contribution in [2.75, 3.05) is 19.4 Å². The van der Waals surface area contributed by atoms with Crippen molar-refractivity contribution in [2.24, 2.45) is 0 Å². The smallest absolute Gasteiger partial charge is 0.191 e. The molecule has 0 unspecified atom stereocenters. The van der Waals surface area contributed by atoms with Crippen molar-refractivity contribution < 1.29 is 9.15 Å². The maximum Gasteiger partial charge on any atom is 0.191 e. The fraction of sp³-hybridized carbons (Fsp3) is 0.556. The van der Waals surface area contributed by atoms with E-state index < -0.39 is 0 Å². The Labute approximate surface area is 153 Å². The third kappa shape index (κ3) is 4.96. The van der Waals surface area contributed by atoms with Crippen molar-refractivity contribution in [3.05, 3.63) is 42.1 Å². The van der Waals surface area contributed by atoms with Crippen LogP contribution in [0.15, 0.2) is 34.4 Å². The summed E-state index contributed by atoms with van der Waals surface area (Å²) in [6.07, 6.45) is 4.53. The molecule has 0 bridgehead atoms. The summed E-state index contributed by atoms with van der Waals surface area (Å²) in [4.78, 5) is 2.18. The van der Waals surface area contributed by atoms with Crippen molar-refractivity contribution >= 4 is 11.8 Å². The zero-order chi connectivity index (χ0) is 17.6. The summed E-state index contributed by atoms with van der Waals surface area (Å²) in [5.74, 6) is 3.77. The summed E-state index contributed by atoms with van der Waals surface area (Å²) in [5, 5.41) is 9.72. The first kappa shape index (κ1) is 18.2. The van der Waals surface area contributed by atoms with E-state index in [9.17, 15) is 0 Å². The highest BCUT2D eigenvalue weighted by Gasteiger charge is 2.19. The van der Waals surface area contributed by atoms with Crippen LogP contribution in [-0.4, -0.2) is 45.2 Å². The summed E-state index contributed by atoms with van der Waals surface area (Å²) >= 11 is 1.72. The van der Waals surface area contributed by atoms with Gasteiger partial charge in [0, 0.05) is 18.9 Å². The second-order valence-corrected chi connectivity index (χ2v) is 7.42. The van der Waals surface area contributed by atoms with E-state index in [-0.39, 0.29) is 0 Å². The molecule has 0 radical (unpaired) electrons. The molecule has 1 saturated heterocycles. The molecule has 1 atom stereocenters. The normalized spacial score (nSPS) is 17.5. The van der Waals surface area contributed by atoms with Crippen molar-refractivity contribution in [1.29, 1.82) is 0 Å². The van der Waals surface area contributed by atoms with Gasteiger partial charge in [0.05, 0.1) is 19.2 Å². The van der Waals surface area contributed by atoms with Crippen molar-refractivity contribution in [3.8, 4) is 0 Å². The van der Waals surface area contributed by atoms with Gasteiger partial charge in [-0.25, -0.2) is 0 Å².